The van der Waals surface area contributed by atoms with E-state index in [1.165, 1.54) is 0 Å². The highest BCUT2D eigenvalue weighted by Crippen LogP contribution is 2.17. The maximum Gasteiger partial charge on any atom is 0.0584 e. The van der Waals surface area contributed by atoms with Gasteiger partial charge in [0.25, 0.3) is 0 Å². The van der Waals surface area contributed by atoms with E-state index in [4.69, 9.17) is 4.74 Å². The molecule has 0 saturated carbocycles. The van der Waals surface area contributed by atoms with Crippen LogP contribution in [0.2, 0.25) is 0 Å². The maximum absolute atomic E-state index is 5.37. The van der Waals surface area contributed by atoms with Gasteiger partial charge in [0.1, 0.15) is 0 Å². The van der Waals surface area contributed by atoms with Gasteiger partial charge in [0.2, 0.25) is 0 Å². The van der Waals surface area contributed by atoms with E-state index in [-0.39, 0.29) is 0 Å². The van der Waals surface area contributed by atoms with E-state index in [0.717, 1.165) is 19.4 Å². The molecule has 1 atom stereocenters. The second kappa shape index (κ2) is 3.02. The lowest BCUT2D eigenvalue weighted by molar-refractivity contribution is 0.0486. The summed E-state index contributed by atoms with van der Waals surface area (Å²) in [7, 11) is 0. The number of ether oxygens (including phenoxy) is 1. The van der Waals surface area contributed by atoms with Crippen molar-refractivity contribution in [3.8, 4) is 0 Å². The predicted octanol–water partition coefficient (Wildman–Crippen LogP) is 2.13. The molecule has 0 aromatic carbocycles. The van der Waals surface area contributed by atoms with Gasteiger partial charge in [-0.05, 0) is 26.7 Å². The Kier molecular flexibility index (Phi) is 2.29. The van der Waals surface area contributed by atoms with Crippen LogP contribution in [-0.4, -0.2) is 12.7 Å². The van der Waals surface area contributed by atoms with Gasteiger partial charge >= 0.3 is 0 Å². The molecular weight excluding hydrogens is 112 g/mol. The van der Waals surface area contributed by atoms with Crippen LogP contribution >= 0.6 is 0 Å². The van der Waals surface area contributed by atoms with Crippen LogP contribution in [0.5, 0.6) is 0 Å². The fourth-order valence-corrected chi connectivity index (χ4v) is 1.18. The van der Waals surface area contributed by atoms with E-state index >= 15 is 0 Å². The van der Waals surface area contributed by atoms with Crippen LogP contribution in [0.1, 0.15) is 26.7 Å². The monoisotopic (exact) mass is 126 g/mol. The molecule has 1 unspecified atom stereocenters. The van der Waals surface area contributed by atoms with Gasteiger partial charge in [0.05, 0.1) is 12.7 Å². The molecule has 0 aliphatic carbocycles. The minimum Gasteiger partial charge on any atom is -0.378 e. The van der Waals surface area contributed by atoms with Gasteiger partial charge in [-0.25, -0.2) is 0 Å². The van der Waals surface area contributed by atoms with Crippen molar-refractivity contribution in [3.05, 3.63) is 11.6 Å². The third kappa shape index (κ3) is 1.83. The molecular formula is C8H14O. The summed E-state index contributed by atoms with van der Waals surface area (Å²) in [5.74, 6) is 0. The molecule has 0 N–H and O–H groups in total. The fourth-order valence-electron chi connectivity index (χ4n) is 1.18. The Balaban J connectivity index is 2.41. The molecule has 0 aromatic heterocycles. The van der Waals surface area contributed by atoms with Gasteiger partial charge in [-0.15, -0.1) is 0 Å². The zero-order valence-corrected chi connectivity index (χ0v) is 6.18. The van der Waals surface area contributed by atoms with E-state index in [0.29, 0.717) is 6.10 Å². The molecule has 52 valence electrons. The lowest BCUT2D eigenvalue weighted by atomic mass is 10.0. The molecule has 0 aromatic rings. The van der Waals surface area contributed by atoms with Crippen molar-refractivity contribution in [2.75, 3.05) is 6.61 Å². The quantitative estimate of drug-likeness (QED) is 0.452. The summed E-state index contributed by atoms with van der Waals surface area (Å²) in [4.78, 5) is 0. The predicted molar refractivity (Wildman–Crippen MR) is 38.4 cm³/mol. The molecule has 1 aliphatic rings. The Hall–Kier alpha value is -0.300. The van der Waals surface area contributed by atoms with Crippen molar-refractivity contribution in [1.29, 1.82) is 0 Å². The summed E-state index contributed by atoms with van der Waals surface area (Å²) in [6.07, 6.45) is 4.93. The van der Waals surface area contributed by atoms with Crippen LogP contribution in [0.4, 0.5) is 0 Å². The molecule has 1 rings (SSSR count). The third-order valence-electron chi connectivity index (χ3n) is 1.78. The Morgan fingerprint density at radius 2 is 2.44 bits per heavy atom. The highest BCUT2D eigenvalue weighted by atomic mass is 16.5. The lowest BCUT2D eigenvalue weighted by Crippen LogP contribution is -2.16. The molecule has 1 heterocycles. The summed E-state index contributed by atoms with van der Waals surface area (Å²) in [5.41, 5.74) is 1.55. The molecule has 0 spiro atoms. The van der Waals surface area contributed by atoms with E-state index in [2.05, 4.69) is 19.9 Å². The first-order valence-electron chi connectivity index (χ1n) is 3.58. The summed E-state index contributed by atoms with van der Waals surface area (Å²) in [6.45, 7) is 5.15. The SMILES string of the molecule is C/C=C1/CCOC(C)C1. The van der Waals surface area contributed by atoms with E-state index < -0.39 is 0 Å². The van der Waals surface area contributed by atoms with Crippen LogP contribution < -0.4 is 0 Å². The Labute approximate surface area is 56.7 Å². The molecule has 0 amide bonds. The van der Waals surface area contributed by atoms with Gasteiger partial charge in [0.15, 0.2) is 0 Å². The number of allylic oxidation sites excluding steroid dienone is 1. The van der Waals surface area contributed by atoms with E-state index in [9.17, 15) is 0 Å². The first kappa shape index (κ1) is 6.81. The second-order valence-corrected chi connectivity index (χ2v) is 2.58. The second-order valence-electron chi connectivity index (χ2n) is 2.58. The average molecular weight is 126 g/mol. The fraction of sp³-hybridized carbons (Fsp3) is 0.750. The van der Waals surface area contributed by atoms with Gasteiger partial charge in [-0.1, -0.05) is 11.6 Å². The molecule has 9 heavy (non-hydrogen) atoms. The molecule has 0 radical (unpaired) electrons. The largest absolute Gasteiger partial charge is 0.378 e. The van der Waals surface area contributed by atoms with Crippen molar-refractivity contribution in [3.63, 3.8) is 0 Å². The highest BCUT2D eigenvalue weighted by Gasteiger charge is 2.10. The van der Waals surface area contributed by atoms with Crippen LogP contribution in [0.15, 0.2) is 11.6 Å². The van der Waals surface area contributed by atoms with Crippen LogP contribution in [0, 0.1) is 0 Å². The smallest absolute Gasteiger partial charge is 0.0584 e. The molecule has 1 saturated heterocycles. The zero-order chi connectivity index (χ0) is 6.69. The Morgan fingerprint density at radius 3 is 2.89 bits per heavy atom. The molecule has 0 bridgehead atoms. The van der Waals surface area contributed by atoms with Gasteiger partial charge in [-0.3, -0.25) is 0 Å². The molecule has 1 aliphatic heterocycles. The van der Waals surface area contributed by atoms with Gasteiger partial charge in [-0.2, -0.15) is 0 Å². The number of hydrogen-bond acceptors (Lipinski definition) is 1. The first-order valence-corrected chi connectivity index (χ1v) is 3.58. The van der Waals surface area contributed by atoms with Crippen molar-refractivity contribution < 1.29 is 4.74 Å². The first-order chi connectivity index (χ1) is 4.33. The van der Waals surface area contributed by atoms with Crippen LogP contribution in [0.25, 0.3) is 0 Å². The van der Waals surface area contributed by atoms with E-state index in [1.54, 1.807) is 5.57 Å². The standard InChI is InChI=1S/C8H14O/c1-3-8-4-5-9-7(2)6-8/h3,7H,4-6H2,1-2H3/b8-3-. The number of rotatable bonds is 0. The third-order valence-corrected chi connectivity index (χ3v) is 1.78. The molecule has 1 heteroatoms. The Morgan fingerprint density at radius 1 is 1.67 bits per heavy atom. The maximum atomic E-state index is 5.37. The average Bonchev–Trinajstić information content (AvgIpc) is 1.88. The van der Waals surface area contributed by atoms with Crippen molar-refractivity contribution >= 4 is 0 Å². The zero-order valence-electron chi connectivity index (χ0n) is 6.18. The summed E-state index contributed by atoms with van der Waals surface area (Å²) in [5, 5.41) is 0. The summed E-state index contributed by atoms with van der Waals surface area (Å²) >= 11 is 0. The van der Waals surface area contributed by atoms with Crippen LogP contribution in [-0.2, 0) is 4.74 Å². The summed E-state index contributed by atoms with van der Waals surface area (Å²) < 4.78 is 5.37. The van der Waals surface area contributed by atoms with E-state index in [1.807, 2.05) is 0 Å². The number of hydrogen-bond donors (Lipinski definition) is 0. The minimum absolute atomic E-state index is 0.449. The molecule has 1 fully saturated rings. The van der Waals surface area contributed by atoms with Crippen molar-refractivity contribution in [1.82, 2.24) is 0 Å². The molecule has 1 nitrogen and oxygen atoms in total. The lowest BCUT2D eigenvalue weighted by Gasteiger charge is -2.20. The van der Waals surface area contributed by atoms with Crippen molar-refractivity contribution in [2.24, 2.45) is 0 Å². The summed E-state index contributed by atoms with van der Waals surface area (Å²) in [6, 6.07) is 0. The minimum atomic E-state index is 0.449. The topological polar surface area (TPSA) is 9.23 Å². The van der Waals surface area contributed by atoms with Crippen molar-refractivity contribution in [2.45, 2.75) is 32.8 Å². The van der Waals surface area contributed by atoms with Gasteiger partial charge < -0.3 is 4.74 Å². The Bertz CT molecular complexity index is 116. The normalized spacial score (nSPS) is 33.1. The van der Waals surface area contributed by atoms with Crippen LogP contribution in [0.3, 0.4) is 0 Å². The van der Waals surface area contributed by atoms with Gasteiger partial charge in [0, 0.05) is 0 Å². The highest BCUT2D eigenvalue weighted by molar-refractivity contribution is 5.03.